The number of hydrogen-bond donors (Lipinski definition) is 1. The number of carbonyl (C=O) groups is 2. The zero-order valence-electron chi connectivity index (χ0n) is 11.7. The molecule has 0 aliphatic carbocycles. The summed E-state index contributed by atoms with van der Waals surface area (Å²) in [6.07, 6.45) is 0.117. The molecular weight excluding hydrogens is 300 g/mol. The Labute approximate surface area is 132 Å². The fourth-order valence-electron chi connectivity index (χ4n) is 1.69. The molecular formula is C16H14N2O3S. The van der Waals surface area contributed by atoms with Gasteiger partial charge in [-0.3, -0.25) is 9.59 Å². The lowest BCUT2D eigenvalue weighted by Crippen LogP contribution is -2.26. The van der Waals surface area contributed by atoms with Gasteiger partial charge in [0, 0.05) is 17.5 Å². The zero-order chi connectivity index (χ0) is 15.8. The fourth-order valence-corrected chi connectivity index (χ4v) is 2.32. The summed E-state index contributed by atoms with van der Waals surface area (Å²) < 4.78 is 5.10. The summed E-state index contributed by atoms with van der Waals surface area (Å²) in [5, 5.41) is 14.9. The van der Waals surface area contributed by atoms with Gasteiger partial charge in [0.15, 0.2) is 0 Å². The molecule has 0 aliphatic rings. The van der Waals surface area contributed by atoms with Gasteiger partial charge in [-0.25, -0.2) is 0 Å². The van der Waals surface area contributed by atoms with Crippen LogP contribution in [0, 0.1) is 11.3 Å². The summed E-state index contributed by atoms with van der Waals surface area (Å²) in [5.74, 6) is -0.573. The number of nitriles is 1. The zero-order valence-corrected chi connectivity index (χ0v) is 12.6. The van der Waals surface area contributed by atoms with Gasteiger partial charge in [-0.15, -0.1) is 0 Å². The van der Waals surface area contributed by atoms with E-state index >= 15 is 0 Å². The van der Waals surface area contributed by atoms with E-state index in [2.05, 4.69) is 5.32 Å². The Morgan fingerprint density at radius 2 is 2.00 bits per heavy atom. The van der Waals surface area contributed by atoms with E-state index in [0.29, 0.717) is 11.1 Å². The quantitative estimate of drug-likeness (QED) is 0.831. The van der Waals surface area contributed by atoms with Gasteiger partial charge >= 0.3 is 5.97 Å². The van der Waals surface area contributed by atoms with Crippen molar-refractivity contribution in [2.75, 3.05) is 6.54 Å². The third-order valence-electron chi connectivity index (χ3n) is 2.88. The van der Waals surface area contributed by atoms with Crippen molar-refractivity contribution in [2.45, 2.75) is 13.0 Å². The van der Waals surface area contributed by atoms with Gasteiger partial charge in [0.25, 0.3) is 5.91 Å². The predicted octanol–water partition coefficient (Wildman–Crippen LogP) is 2.48. The van der Waals surface area contributed by atoms with Gasteiger partial charge in [0.2, 0.25) is 0 Å². The van der Waals surface area contributed by atoms with Crippen LogP contribution in [0.4, 0.5) is 0 Å². The maximum absolute atomic E-state index is 11.6. The van der Waals surface area contributed by atoms with Crippen LogP contribution in [0.2, 0.25) is 0 Å². The molecule has 112 valence electrons. The lowest BCUT2D eigenvalue weighted by molar-refractivity contribution is -0.144. The molecule has 0 unspecified atom stereocenters. The van der Waals surface area contributed by atoms with E-state index in [1.807, 2.05) is 11.4 Å². The fraction of sp³-hybridized carbons (Fsp3) is 0.188. The van der Waals surface area contributed by atoms with Crippen LogP contribution in [0.25, 0.3) is 0 Å². The Morgan fingerprint density at radius 3 is 2.64 bits per heavy atom. The van der Waals surface area contributed by atoms with Crippen molar-refractivity contribution in [2.24, 2.45) is 0 Å². The SMILES string of the molecule is N#Cc1ccc(COC(=O)CCNC(=O)c2ccsc2)cc1. The molecule has 0 radical (unpaired) electrons. The molecule has 22 heavy (non-hydrogen) atoms. The second kappa shape index (κ2) is 7.96. The first kappa shape index (κ1) is 15.7. The van der Waals surface area contributed by atoms with Crippen molar-refractivity contribution in [3.63, 3.8) is 0 Å². The van der Waals surface area contributed by atoms with Crippen LogP contribution in [0.5, 0.6) is 0 Å². The smallest absolute Gasteiger partial charge is 0.307 e. The van der Waals surface area contributed by atoms with E-state index in [1.165, 1.54) is 11.3 Å². The number of esters is 1. The highest BCUT2D eigenvalue weighted by molar-refractivity contribution is 7.08. The molecule has 6 heteroatoms. The number of carbonyl (C=O) groups excluding carboxylic acids is 2. The monoisotopic (exact) mass is 314 g/mol. The van der Waals surface area contributed by atoms with Crippen molar-refractivity contribution in [3.05, 3.63) is 57.8 Å². The third-order valence-corrected chi connectivity index (χ3v) is 3.56. The summed E-state index contributed by atoms with van der Waals surface area (Å²) in [7, 11) is 0. The molecule has 1 amide bonds. The average Bonchev–Trinajstić information content (AvgIpc) is 3.08. The number of amides is 1. The predicted molar refractivity (Wildman–Crippen MR) is 82.2 cm³/mol. The van der Waals surface area contributed by atoms with Gasteiger partial charge in [-0.1, -0.05) is 12.1 Å². The molecule has 1 aromatic carbocycles. The van der Waals surface area contributed by atoms with Crippen LogP contribution in [0.1, 0.15) is 27.9 Å². The van der Waals surface area contributed by atoms with E-state index in [-0.39, 0.29) is 31.4 Å². The Balaban J connectivity index is 1.67. The normalized spacial score (nSPS) is 9.77. The van der Waals surface area contributed by atoms with Gasteiger partial charge in [0.1, 0.15) is 6.61 Å². The van der Waals surface area contributed by atoms with E-state index in [0.717, 1.165) is 5.56 Å². The summed E-state index contributed by atoms with van der Waals surface area (Å²) in [6.45, 7) is 0.393. The summed E-state index contributed by atoms with van der Waals surface area (Å²) in [4.78, 5) is 23.2. The van der Waals surface area contributed by atoms with E-state index in [9.17, 15) is 9.59 Å². The highest BCUT2D eigenvalue weighted by Gasteiger charge is 2.07. The summed E-state index contributed by atoms with van der Waals surface area (Å²) in [5.41, 5.74) is 1.97. The van der Waals surface area contributed by atoms with Crippen molar-refractivity contribution < 1.29 is 14.3 Å². The summed E-state index contributed by atoms with van der Waals surface area (Å²) in [6, 6.07) is 10.6. The lowest BCUT2D eigenvalue weighted by Gasteiger charge is -2.06. The van der Waals surface area contributed by atoms with Crippen molar-refractivity contribution in [1.29, 1.82) is 5.26 Å². The molecule has 0 saturated heterocycles. The number of nitrogens with zero attached hydrogens (tertiary/aromatic N) is 1. The molecule has 0 aliphatic heterocycles. The molecule has 1 N–H and O–H groups in total. The minimum Gasteiger partial charge on any atom is -0.461 e. The van der Waals surface area contributed by atoms with Gasteiger partial charge in [-0.2, -0.15) is 16.6 Å². The molecule has 0 spiro atoms. The van der Waals surface area contributed by atoms with Crippen LogP contribution < -0.4 is 5.32 Å². The lowest BCUT2D eigenvalue weighted by atomic mass is 10.2. The minimum atomic E-state index is -0.380. The molecule has 0 saturated carbocycles. The third kappa shape index (κ3) is 4.72. The Hall–Kier alpha value is -2.65. The number of hydrogen-bond acceptors (Lipinski definition) is 5. The second-order valence-corrected chi connectivity index (χ2v) is 5.27. The molecule has 0 atom stereocenters. The highest BCUT2D eigenvalue weighted by atomic mass is 32.1. The maximum atomic E-state index is 11.6. The van der Waals surface area contributed by atoms with Crippen molar-refractivity contribution >= 4 is 23.2 Å². The Bertz CT molecular complexity index is 672. The first-order chi connectivity index (χ1) is 10.7. The minimum absolute atomic E-state index is 0.117. The molecule has 1 aromatic heterocycles. The average molecular weight is 314 g/mol. The molecule has 2 aromatic rings. The van der Waals surface area contributed by atoms with Crippen LogP contribution in [0.15, 0.2) is 41.1 Å². The molecule has 2 rings (SSSR count). The molecule has 1 heterocycles. The van der Waals surface area contributed by atoms with Crippen LogP contribution in [-0.2, 0) is 16.1 Å². The molecule has 0 bridgehead atoms. The number of rotatable bonds is 6. The molecule has 5 nitrogen and oxygen atoms in total. The van der Waals surface area contributed by atoms with Crippen LogP contribution in [0.3, 0.4) is 0 Å². The second-order valence-electron chi connectivity index (χ2n) is 4.49. The number of benzene rings is 1. The summed E-state index contributed by atoms with van der Waals surface area (Å²) >= 11 is 1.44. The molecule has 0 fully saturated rings. The van der Waals surface area contributed by atoms with Crippen LogP contribution >= 0.6 is 11.3 Å². The highest BCUT2D eigenvalue weighted by Crippen LogP contribution is 2.06. The number of ether oxygens (including phenoxy) is 1. The van der Waals surface area contributed by atoms with Crippen molar-refractivity contribution in [1.82, 2.24) is 5.32 Å². The van der Waals surface area contributed by atoms with E-state index in [4.69, 9.17) is 10.00 Å². The Morgan fingerprint density at radius 1 is 1.23 bits per heavy atom. The number of thiophene rings is 1. The topological polar surface area (TPSA) is 79.2 Å². The van der Waals surface area contributed by atoms with Crippen molar-refractivity contribution in [3.8, 4) is 6.07 Å². The Kier molecular flexibility index (Phi) is 5.69. The first-order valence-electron chi connectivity index (χ1n) is 6.64. The van der Waals surface area contributed by atoms with Crippen LogP contribution in [-0.4, -0.2) is 18.4 Å². The standard InChI is InChI=1S/C16H14N2O3S/c17-9-12-1-3-13(4-2-12)10-21-15(19)5-7-18-16(20)14-6-8-22-11-14/h1-4,6,8,11H,5,7,10H2,(H,18,20). The van der Waals surface area contributed by atoms with E-state index in [1.54, 1.807) is 35.7 Å². The maximum Gasteiger partial charge on any atom is 0.307 e. The first-order valence-corrected chi connectivity index (χ1v) is 7.58. The van der Waals surface area contributed by atoms with Gasteiger partial charge in [-0.05, 0) is 29.1 Å². The van der Waals surface area contributed by atoms with E-state index < -0.39 is 0 Å². The largest absolute Gasteiger partial charge is 0.461 e. The number of nitrogens with one attached hydrogen (secondary N) is 1. The van der Waals surface area contributed by atoms with Gasteiger partial charge < -0.3 is 10.1 Å². The van der Waals surface area contributed by atoms with Gasteiger partial charge in [0.05, 0.1) is 18.1 Å².